The first kappa shape index (κ1) is 38.9. The number of ether oxygens (including phenoxy) is 2. The van der Waals surface area contributed by atoms with E-state index in [9.17, 15) is 19.2 Å². The van der Waals surface area contributed by atoms with Crippen LogP contribution in [0.2, 0.25) is 0 Å². The molecule has 6 nitrogen and oxygen atoms in total. The van der Waals surface area contributed by atoms with Crippen LogP contribution in [0.1, 0.15) is 90.9 Å². The highest BCUT2D eigenvalue weighted by atomic mass is 16.5. The van der Waals surface area contributed by atoms with Gasteiger partial charge in [-0.05, 0) is 90.9 Å². The lowest BCUT2D eigenvalue weighted by Crippen LogP contribution is -2.38. The zero-order valence-electron chi connectivity index (χ0n) is 25.3. The van der Waals surface area contributed by atoms with Gasteiger partial charge in [0.15, 0.2) is 0 Å². The number of methoxy groups -OCH3 is 2. The Labute approximate surface area is 243 Å². The Morgan fingerprint density at radius 3 is 1.40 bits per heavy atom. The number of rotatable bonds is 22. The van der Waals surface area contributed by atoms with Crippen molar-refractivity contribution in [2.75, 3.05) is 14.2 Å². The molecular weight excluding hydrogens is 504 g/mol. The molecule has 0 spiro atoms. The minimum Gasteiger partial charge on any atom is -0.468 e. The normalized spacial score (nSPS) is 12.0. The van der Waals surface area contributed by atoms with E-state index >= 15 is 0 Å². The van der Waals surface area contributed by atoms with Gasteiger partial charge in [-0.2, -0.15) is 0 Å². The molecule has 0 aromatic heterocycles. The minimum atomic E-state index is -1.11. The third-order valence-corrected chi connectivity index (χ3v) is 6.37. The average molecular weight is 557 g/mol. The van der Waals surface area contributed by atoms with Gasteiger partial charge in [-0.3, -0.25) is 19.2 Å². The predicted molar refractivity (Wildman–Crippen MR) is 165 cm³/mol. The standard InChI is InChI=1S/C21H32O3.C13H20O3/c1-5-7-9-11-13-15-17-21(19(3)22,20(23)24-4)18-16-14-12-10-8-6-2;1-4-5-6-7-8-9-10-12(11(2)14)13(15)16-3/h5-6,13-16H,1-2,7-12,17-18H2,3-4H3;4,8-9,12H,1,5-7,10H2,2-3H3/b15-13+,16-14+;9-8+. The van der Waals surface area contributed by atoms with Gasteiger partial charge in [0, 0.05) is 0 Å². The summed E-state index contributed by atoms with van der Waals surface area (Å²) >= 11 is 0. The van der Waals surface area contributed by atoms with Crippen LogP contribution in [0.25, 0.3) is 0 Å². The zero-order chi connectivity index (χ0) is 30.7. The molecule has 0 bridgehead atoms. The van der Waals surface area contributed by atoms with Crippen LogP contribution in [-0.2, 0) is 28.7 Å². The van der Waals surface area contributed by atoms with Crippen LogP contribution >= 0.6 is 0 Å². The second kappa shape index (κ2) is 26.0. The van der Waals surface area contributed by atoms with Crippen LogP contribution in [0.5, 0.6) is 0 Å². The number of hydrogen-bond acceptors (Lipinski definition) is 6. The van der Waals surface area contributed by atoms with Crippen LogP contribution in [-0.4, -0.2) is 37.7 Å². The lowest BCUT2D eigenvalue weighted by molar-refractivity contribution is -0.157. The van der Waals surface area contributed by atoms with Crippen molar-refractivity contribution in [3.63, 3.8) is 0 Å². The van der Waals surface area contributed by atoms with E-state index in [4.69, 9.17) is 4.74 Å². The molecule has 0 heterocycles. The van der Waals surface area contributed by atoms with Gasteiger partial charge >= 0.3 is 11.9 Å². The summed E-state index contributed by atoms with van der Waals surface area (Å²) in [6.07, 6.45) is 27.4. The predicted octanol–water partition coefficient (Wildman–Crippen LogP) is 8.01. The van der Waals surface area contributed by atoms with Gasteiger partial charge in [0.05, 0.1) is 14.2 Å². The number of Topliss-reactive ketones (excluding diaryl/α,β-unsaturated/α-hetero) is 2. The first-order valence-electron chi connectivity index (χ1n) is 14.1. The number of carbonyl (C=O) groups excluding carboxylic acids is 4. The summed E-state index contributed by atoms with van der Waals surface area (Å²) in [4.78, 5) is 46.9. The SMILES string of the molecule is C=CCCC/C=C/CC(C(C)=O)C(=O)OC.C=CCCC/C=C/CC(C/C=C/CCCC=C)(C(C)=O)C(=O)OC. The molecule has 0 aromatic rings. The number of carbonyl (C=O) groups is 4. The van der Waals surface area contributed by atoms with Crippen molar-refractivity contribution in [1.29, 1.82) is 0 Å². The maximum Gasteiger partial charge on any atom is 0.319 e. The molecule has 0 saturated carbocycles. The largest absolute Gasteiger partial charge is 0.468 e. The van der Waals surface area contributed by atoms with Crippen LogP contribution in [0.15, 0.2) is 74.4 Å². The summed E-state index contributed by atoms with van der Waals surface area (Å²) in [5.41, 5.74) is -1.11. The Balaban J connectivity index is 0. The lowest BCUT2D eigenvalue weighted by Gasteiger charge is -2.26. The van der Waals surface area contributed by atoms with Crippen LogP contribution < -0.4 is 0 Å². The van der Waals surface area contributed by atoms with Gasteiger partial charge in [-0.1, -0.05) is 54.7 Å². The van der Waals surface area contributed by atoms with Crippen LogP contribution in [0, 0.1) is 11.3 Å². The van der Waals surface area contributed by atoms with Gasteiger partial charge in [0.1, 0.15) is 22.9 Å². The summed E-state index contributed by atoms with van der Waals surface area (Å²) in [5, 5.41) is 0. The second-order valence-electron chi connectivity index (χ2n) is 9.53. The molecule has 0 N–H and O–H groups in total. The highest BCUT2D eigenvalue weighted by Crippen LogP contribution is 2.31. The van der Waals surface area contributed by atoms with Crippen molar-refractivity contribution >= 4 is 23.5 Å². The Hall–Kier alpha value is -3.28. The van der Waals surface area contributed by atoms with E-state index in [1.807, 2.05) is 54.7 Å². The van der Waals surface area contributed by atoms with E-state index in [-0.39, 0.29) is 11.6 Å². The third kappa shape index (κ3) is 18.1. The van der Waals surface area contributed by atoms with Crippen molar-refractivity contribution in [3.8, 4) is 0 Å². The van der Waals surface area contributed by atoms with E-state index in [0.717, 1.165) is 57.8 Å². The van der Waals surface area contributed by atoms with Crippen LogP contribution in [0.3, 0.4) is 0 Å². The number of allylic oxidation sites excluding steroid dienone is 9. The van der Waals surface area contributed by atoms with Crippen LogP contribution in [0.4, 0.5) is 0 Å². The summed E-state index contributed by atoms with van der Waals surface area (Å²) in [7, 11) is 2.63. The average Bonchev–Trinajstić information content (AvgIpc) is 2.94. The van der Waals surface area contributed by atoms with E-state index in [1.165, 1.54) is 28.1 Å². The van der Waals surface area contributed by atoms with Crippen molar-refractivity contribution in [2.45, 2.75) is 90.9 Å². The van der Waals surface area contributed by atoms with Crippen molar-refractivity contribution < 1.29 is 28.7 Å². The maximum absolute atomic E-state index is 12.3. The van der Waals surface area contributed by atoms with Crippen molar-refractivity contribution in [2.24, 2.45) is 11.3 Å². The fraction of sp³-hybridized carbons (Fsp3) is 0.529. The molecule has 0 radical (unpaired) electrons. The Morgan fingerprint density at radius 2 is 1.07 bits per heavy atom. The summed E-state index contributed by atoms with van der Waals surface area (Å²) in [6.45, 7) is 13.9. The maximum atomic E-state index is 12.3. The van der Waals surface area contributed by atoms with E-state index in [2.05, 4.69) is 24.5 Å². The third-order valence-electron chi connectivity index (χ3n) is 6.37. The topological polar surface area (TPSA) is 86.7 Å². The molecule has 224 valence electrons. The summed E-state index contributed by atoms with van der Waals surface area (Å²) in [6, 6.07) is 0. The second-order valence-corrected chi connectivity index (χ2v) is 9.53. The molecule has 1 unspecified atom stereocenters. The smallest absolute Gasteiger partial charge is 0.319 e. The fourth-order valence-electron chi connectivity index (χ4n) is 3.74. The molecule has 1 atom stereocenters. The molecule has 0 aliphatic rings. The first-order chi connectivity index (χ1) is 19.2. The lowest BCUT2D eigenvalue weighted by atomic mass is 9.77. The molecule has 6 heteroatoms. The number of unbranched alkanes of at least 4 members (excludes halogenated alkanes) is 6. The zero-order valence-corrected chi connectivity index (χ0v) is 25.3. The Bertz CT molecular complexity index is 836. The summed E-state index contributed by atoms with van der Waals surface area (Å²) in [5.74, 6) is -1.87. The molecule has 0 aliphatic carbocycles. The highest BCUT2D eigenvalue weighted by molar-refractivity contribution is 6.03. The fourth-order valence-corrected chi connectivity index (χ4v) is 3.74. The van der Waals surface area contributed by atoms with Gasteiger partial charge in [0.25, 0.3) is 0 Å². The molecule has 0 aromatic carbocycles. The Morgan fingerprint density at radius 1 is 0.650 bits per heavy atom. The highest BCUT2D eigenvalue weighted by Gasteiger charge is 2.42. The molecule has 0 saturated heterocycles. The van der Waals surface area contributed by atoms with E-state index in [0.29, 0.717) is 19.3 Å². The van der Waals surface area contributed by atoms with E-state index < -0.39 is 23.3 Å². The minimum absolute atomic E-state index is 0.150. The van der Waals surface area contributed by atoms with Crippen molar-refractivity contribution in [1.82, 2.24) is 0 Å². The molecule has 0 aliphatic heterocycles. The molecule has 0 amide bonds. The van der Waals surface area contributed by atoms with Crippen molar-refractivity contribution in [3.05, 3.63) is 74.4 Å². The molecule has 40 heavy (non-hydrogen) atoms. The molecule has 0 rings (SSSR count). The van der Waals surface area contributed by atoms with Gasteiger partial charge in [-0.25, -0.2) is 0 Å². The van der Waals surface area contributed by atoms with Gasteiger partial charge < -0.3 is 9.47 Å². The number of esters is 2. The first-order valence-corrected chi connectivity index (χ1v) is 14.1. The Kier molecular flexibility index (Phi) is 25.2. The van der Waals surface area contributed by atoms with Gasteiger partial charge in [-0.15, -0.1) is 19.7 Å². The number of hydrogen-bond donors (Lipinski definition) is 0. The molecular formula is C34H52O6. The monoisotopic (exact) mass is 556 g/mol. The van der Waals surface area contributed by atoms with Gasteiger partial charge in [0.2, 0.25) is 0 Å². The quantitative estimate of drug-likeness (QED) is 0.0581. The van der Waals surface area contributed by atoms with E-state index in [1.54, 1.807) is 0 Å². The number of ketones is 2. The molecule has 0 fully saturated rings. The summed E-state index contributed by atoms with van der Waals surface area (Å²) < 4.78 is 9.48.